The fourth-order valence-corrected chi connectivity index (χ4v) is 4.87. The summed E-state index contributed by atoms with van der Waals surface area (Å²) in [4.78, 5) is 16.4. The molecule has 2 unspecified atom stereocenters. The zero-order chi connectivity index (χ0) is 18.6. The van der Waals surface area contributed by atoms with Crippen molar-refractivity contribution in [2.75, 3.05) is 58.3 Å². The van der Waals surface area contributed by atoms with Crippen LogP contribution in [0.25, 0.3) is 0 Å². The number of aromatic nitrogens is 1. The van der Waals surface area contributed by atoms with Gasteiger partial charge in [0.05, 0.1) is 0 Å². The van der Waals surface area contributed by atoms with E-state index in [9.17, 15) is 0 Å². The van der Waals surface area contributed by atoms with E-state index in [0.29, 0.717) is 0 Å². The Morgan fingerprint density at radius 2 is 1.85 bits per heavy atom. The molecule has 3 heterocycles. The van der Waals surface area contributed by atoms with Crippen LogP contribution in [-0.2, 0) is 6.54 Å². The molecule has 27 heavy (non-hydrogen) atoms. The van der Waals surface area contributed by atoms with Crippen LogP contribution in [0.15, 0.2) is 23.3 Å². The minimum absolute atomic E-state index is 0.807. The van der Waals surface area contributed by atoms with Gasteiger partial charge in [0.15, 0.2) is 5.96 Å². The highest BCUT2D eigenvalue weighted by Gasteiger charge is 2.35. The van der Waals surface area contributed by atoms with Gasteiger partial charge in [0, 0.05) is 59.1 Å². The third kappa shape index (κ3) is 4.37. The lowest BCUT2D eigenvalue weighted by atomic mass is 9.82. The number of hydrogen-bond donors (Lipinski definition) is 1. The monoisotopic (exact) mass is 370 g/mol. The lowest BCUT2D eigenvalue weighted by Crippen LogP contribution is -2.44. The molecule has 1 aliphatic carbocycles. The maximum atomic E-state index is 4.60. The van der Waals surface area contributed by atoms with Gasteiger partial charge in [-0.2, -0.15) is 0 Å². The second kappa shape index (κ2) is 8.46. The number of anilines is 1. The highest BCUT2D eigenvalue weighted by molar-refractivity contribution is 5.80. The van der Waals surface area contributed by atoms with Crippen molar-refractivity contribution in [3.05, 3.63) is 23.9 Å². The first-order valence-corrected chi connectivity index (χ1v) is 10.6. The molecule has 2 atom stereocenters. The van der Waals surface area contributed by atoms with E-state index in [1.807, 2.05) is 13.2 Å². The van der Waals surface area contributed by atoms with Crippen molar-refractivity contribution in [1.29, 1.82) is 0 Å². The van der Waals surface area contributed by atoms with Crippen molar-refractivity contribution in [2.24, 2.45) is 16.8 Å². The molecular formula is C21H34N6. The van der Waals surface area contributed by atoms with Crippen molar-refractivity contribution < 1.29 is 0 Å². The van der Waals surface area contributed by atoms with Crippen molar-refractivity contribution in [1.82, 2.24) is 20.1 Å². The summed E-state index contributed by atoms with van der Waals surface area (Å²) in [6.45, 7) is 7.47. The largest absolute Gasteiger partial charge is 0.354 e. The molecule has 3 fully saturated rings. The first-order chi connectivity index (χ1) is 13.2. The topological polar surface area (TPSA) is 47.0 Å². The molecule has 0 aromatic carbocycles. The van der Waals surface area contributed by atoms with Gasteiger partial charge in [-0.3, -0.25) is 4.99 Å². The number of aliphatic imine (C=N–C) groups is 1. The number of rotatable bonds is 3. The average molecular weight is 371 g/mol. The molecule has 0 amide bonds. The minimum Gasteiger partial charge on any atom is -0.354 e. The van der Waals surface area contributed by atoms with Crippen LogP contribution in [0.4, 0.5) is 5.82 Å². The standard InChI is InChI=1S/C21H34N6/c1-22-21(27-15-18-5-3-4-6-19(18)16-27)24-14-17-7-8-23-20(13-17)26-11-9-25(2)10-12-26/h7-8,13,18-19H,3-6,9-12,14-16H2,1-2H3,(H,22,24). The highest BCUT2D eigenvalue weighted by Crippen LogP contribution is 2.35. The van der Waals surface area contributed by atoms with Gasteiger partial charge in [-0.05, 0) is 49.4 Å². The van der Waals surface area contributed by atoms with Crippen LogP contribution in [-0.4, -0.2) is 74.1 Å². The molecular weight excluding hydrogens is 336 g/mol. The number of piperazine rings is 1. The van der Waals surface area contributed by atoms with E-state index >= 15 is 0 Å². The molecule has 3 aliphatic rings. The van der Waals surface area contributed by atoms with Gasteiger partial charge < -0.3 is 20.0 Å². The molecule has 2 aliphatic heterocycles. The Morgan fingerprint density at radius 3 is 2.52 bits per heavy atom. The normalized spacial score (nSPS) is 27.0. The Morgan fingerprint density at radius 1 is 1.15 bits per heavy atom. The lowest BCUT2D eigenvalue weighted by molar-refractivity contribution is 0.299. The predicted octanol–water partition coefficient (Wildman–Crippen LogP) is 2.03. The van der Waals surface area contributed by atoms with E-state index in [1.54, 1.807) is 0 Å². The summed E-state index contributed by atoms with van der Waals surface area (Å²) in [5.41, 5.74) is 1.27. The molecule has 1 aromatic rings. The number of nitrogens with zero attached hydrogens (tertiary/aromatic N) is 5. The van der Waals surface area contributed by atoms with Gasteiger partial charge in [0.1, 0.15) is 5.82 Å². The summed E-state index contributed by atoms with van der Waals surface area (Å²) >= 11 is 0. The summed E-state index contributed by atoms with van der Waals surface area (Å²) in [6, 6.07) is 4.35. The van der Waals surface area contributed by atoms with Crippen LogP contribution in [0, 0.1) is 11.8 Å². The third-order valence-corrected chi connectivity index (χ3v) is 6.58. The van der Waals surface area contributed by atoms with Crippen LogP contribution < -0.4 is 10.2 Å². The fourth-order valence-electron chi connectivity index (χ4n) is 4.87. The second-order valence-corrected chi connectivity index (χ2v) is 8.42. The molecule has 1 saturated carbocycles. The van der Waals surface area contributed by atoms with Gasteiger partial charge >= 0.3 is 0 Å². The van der Waals surface area contributed by atoms with Gasteiger partial charge in [-0.1, -0.05) is 12.8 Å². The van der Waals surface area contributed by atoms with E-state index in [-0.39, 0.29) is 0 Å². The van der Waals surface area contributed by atoms with E-state index in [0.717, 1.165) is 56.3 Å². The SMILES string of the molecule is CN=C(NCc1ccnc(N2CCN(C)CC2)c1)N1CC2CCCCC2C1. The van der Waals surface area contributed by atoms with Crippen molar-refractivity contribution in [2.45, 2.75) is 32.2 Å². The van der Waals surface area contributed by atoms with Gasteiger partial charge in [0.2, 0.25) is 0 Å². The molecule has 1 N–H and O–H groups in total. The molecule has 6 heteroatoms. The Kier molecular flexibility index (Phi) is 5.81. The number of likely N-dealkylation sites (N-methyl/N-ethyl adjacent to an activating group) is 1. The zero-order valence-corrected chi connectivity index (χ0v) is 16.9. The van der Waals surface area contributed by atoms with E-state index < -0.39 is 0 Å². The number of nitrogens with one attached hydrogen (secondary N) is 1. The van der Waals surface area contributed by atoms with Crippen LogP contribution in [0.5, 0.6) is 0 Å². The number of guanidine groups is 1. The van der Waals surface area contributed by atoms with E-state index in [4.69, 9.17) is 0 Å². The van der Waals surface area contributed by atoms with E-state index in [1.165, 1.54) is 44.3 Å². The minimum atomic E-state index is 0.807. The molecule has 0 bridgehead atoms. The van der Waals surface area contributed by atoms with Gasteiger partial charge in [-0.15, -0.1) is 0 Å². The van der Waals surface area contributed by atoms with Crippen molar-refractivity contribution >= 4 is 11.8 Å². The first-order valence-electron chi connectivity index (χ1n) is 10.6. The first kappa shape index (κ1) is 18.5. The van der Waals surface area contributed by atoms with Crippen LogP contribution in [0.3, 0.4) is 0 Å². The molecule has 1 aromatic heterocycles. The molecule has 2 saturated heterocycles. The fraction of sp³-hybridized carbons (Fsp3) is 0.714. The Labute approximate surface area is 163 Å². The highest BCUT2D eigenvalue weighted by atomic mass is 15.3. The van der Waals surface area contributed by atoms with Crippen LogP contribution >= 0.6 is 0 Å². The Bertz CT molecular complexity index is 638. The molecule has 0 spiro atoms. The second-order valence-electron chi connectivity index (χ2n) is 8.42. The van der Waals surface area contributed by atoms with Gasteiger partial charge in [0.25, 0.3) is 0 Å². The molecule has 6 nitrogen and oxygen atoms in total. The van der Waals surface area contributed by atoms with Crippen LogP contribution in [0.2, 0.25) is 0 Å². The quantitative estimate of drug-likeness (QED) is 0.652. The van der Waals surface area contributed by atoms with Crippen LogP contribution in [0.1, 0.15) is 31.2 Å². The summed E-state index contributed by atoms with van der Waals surface area (Å²) in [5.74, 6) is 3.91. The summed E-state index contributed by atoms with van der Waals surface area (Å²) in [5, 5.41) is 3.60. The molecule has 148 valence electrons. The maximum Gasteiger partial charge on any atom is 0.193 e. The lowest BCUT2D eigenvalue weighted by Gasteiger charge is -2.33. The zero-order valence-electron chi connectivity index (χ0n) is 16.9. The van der Waals surface area contributed by atoms with Gasteiger partial charge in [-0.25, -0.2) is 4.98 Å². The smallest absolute Gasteiger partial charge is 0.193 e. The van der Waals surface area contributed by atoms with Crippen molar-refractivity contribution in [3.8, 4) is 0 Å². The summed E-state index contributed by atoms with van der Waals surface area (Å²) in [6.07, 6.45) is 7.56. The summed E-state index contributed by atoms with van der Waals surface area (Å²) in [7, 11) is 4.09. The predicted molar refractivity (Wildman–Crippen MR) is 111 cm³/mol. The number of pyridine rings is 1. The number of fused-ring (bicyclic) bond motifs is 1. The van der Waals surface area contributed by atoms with E-state index in [2.05, 4.69) is 49.2 Å². The third-order valence-electron chi connectivity index (χ3n) is 6.58. The molecule has 4 rings (SSSR count). The summed E-state index contributed by atoms with van der Waals surface area (Å²) < 4.78 is 0. The number of likely N-dealkylation sites (tertiary alicyclic amines) is 1. The number of hydrogen-bond acceptors (Lipinski definition) is 4. The Hall–Kier alpha value is -1.82. The Balaban J connectivity index is 1.34. The maximum absolute atomic E-state index is 4.60. The average Bonchev–Trinajstić information content (AvgIpc) is 3.13. The molecule has 0 radical (unpaired) electrons. The van der Waals surface area contributed by atoms with Crippen molar-refractivity contribution in [3.63, 3.8) is 0 Å².